The minimum atomic E-state index is -0.101. The van der Waals surface area contributed by atoms with Crippen molar-refractivity contribution in [2.24, 2.45) is 5.73 Å². The number of carbonyl (C=O) groups is 1. The van der Waals surface area contributed by atoms with Crippen LogP contribution in [-0.2, 0) is 9.53 Å². The third kappa shape index (κ3) is 4.17. The zero-order valence-electron chi connectivity index (χ0n) is 13.7. The molecule has 0 saturated carbocycles. The zero-order chi connectivity index (χ0) is 16.7. The van der Waals surface area contributed by atoms with Gasteiger partial charge in [0.15, 0.2) is 17.5 Å². The van der Waals surface area contributed by atoms with Crippen LogP contribution in [-0.4, -0.2) is 35.1 Å². The van der Waals surface area contributed by atoms with Gasteiger partial charge in [0, 0.05) is 13.0 Å². The molecule has 1 aliphatic rings. The number of ether oxygens (including phenoxy) is 1. The quantitative estimate of drug-likeness (QED) is 0.881. The van der Waals surface area contributed by atoms with Crippen LogP contribution >= 0.6 is 0 Å². The lowest BCUT2D eigenvalue weighted by atomic mass is 10.3. The van der Waals surface area contributed by atoms with Crippen molar-refractivity contribution in [2.75, 3.05) is 23.3 Å². The maximum Gasteiger partial charge on any atom is 0.225 e. The van der Waals surface area contributed by atoms with Crippen molar-refractivity contribution in [3.05, 3.63) is 24.4 Å². The van der Waals surface area contributed by atoms with Crippen LogP contribution in [0.3, 0.4) is 0 Å². The molecule has 122 valence electrons. The normalized spacial score (nSPS) is 16.7. The van der Waals surface area contributed by atoms with Crippen LogP contribution in [0.4, 0.5) is 11.6 Å². The molecule has 0 spiro atoms. The average molecular weight is 307 g/mol. The van der Waals surface area contributed by atoms with Crippen LogP contribution in [0.25, 0.3) is 0 Å². The van der Waals surface area contributed by atoms with Crippen LogP contribution in [0.5, 0.6) is 0 Å². The minimum absolute atomic E-state index is 0.0979. The van der Waals surface area contributed by atoms with Crippen molar-refractivity contribution in [1.29, 1.82) is 0 Å². The molecule has 2 heterocycles. The van der Waals surface area contributed by atoms with Gasteiger partial charge in [-0.25, -0.2) is 4.98 Å². The Morgan fingerprint density at radius 1 is 1.59 bits per heavy atom. The van der Waals surface area contributed by atoms with E-state index in [4.69, 9.17) is 10.5 Å². The summed E-state index contributed by atoms with van der Waals surface area (Å²) in [5.74, 6) is 1.43. The smallest absolute Gasteiger partial charge is 0.225 e. The van der Waals surface area contributed by atoms with E-state index in [1.807, 2.05) is 13.8 Å². The fourth-order valence-electron chi connectivity index (χ4n) is 1.85. The van der Waals surface area contributed by atoms with Crippen LogP contribution in [0.15, 0.2) is 18.7 Å². The summed E-state index contributed by atoms with van der Waals surface area (Å²) in [6, 6.07) is 0. The molecule has 2 rings (SSSR count). The molecule has 1 fully saturated rings. The van der Waals surface area contributed by atoms with Gasteiger partial charge < -0.3 is 15.8 Å². The Balaban J connectivity index is 0.00000116. The Morgan fingerprint density at radius 2 is 2.27 bits per heavy atom. The molecule has 1 atom stereocenters. The predicted molar refractivity (Wildman–Crippen MR) is 87.5 cm³/mol. The van der Waals surface area contributed by atoms with E-state index in [1.54, 1.807) is 24.9 Å². The van der Waals surface area contributed by atoms with Gasteiger partial charge in [-0.05, 0) is 13.5 Å². The van der Waals surface area contributed by atoms with Gasteiger partial charge in [-0.2, -0.15) is 0 Å². The summed E-state index contributed by atoms with van der Waals surface area (Å²) < 4.78 is 5.50. The maximum absolute atomic E-state index is 11.5. The van der Waals surface area contributed by atoms with E-state index in [1.165, 1.54) is 0 Å². The largest absolute Gasteiger partial charge is 0.473 e. The van der Waals surface area contributed by atoms with Crippen molar-refractivity contribution in [1.82, 2.24) is 9.97 Å². The van der Waals surface area contributed by atoms with Crippen molar-refractivity contribution in [3.8, 4) is 0 Å². The lowest BCUT2D eigenvalue weighted by molar-refractivity contribution is -0.115. The van der Waals surface area contributed by atoms with Gasteiger partial charge in [0.1, 0.15) is 6.10 Å². The van der Waals surface area contributed by atoms with Crippen molar-refractivity contribution in [3.63, 3.8) is 0 Å². The summed E-state index contributed by atoms with van der Waals surface area (Å²) >= 11 is 0. The number of amides is 1. The van der Waals surface area contributed by atoms with E-state index in [-0.39, 0.29) is 12.0 Å². The summed E-state index contributed by atoms with van der Waals surface area (Å²) in [6.07, 6.45) is 1.92. The van der Waals surface area contributed by atoms with Crippen LogP contribution < -0.4 is 16.0 Å². The number of rotatable bonds is 4. The fraction of sp³-hybridized carbons (Fsp3) is 0.533. The second-order valence-corrected chi connectivity index (χ2v) is 4.54. The van der Waals surface area contributed by atoms with Gasteiger partial charge in [-0.3, -0.25) is 14.7 Å². The fourth-order valence-corrected chi connectivity index (χ4v) is 1.85. The van der Waals surface area contributed by atoms with Gasteiger partial charge in [0.2, 0.25) is 5.91 Å². The van der Waals surface area contributed by atoms with Crippen molar-refractivity contribution in [2.45, 2.75) is 40.2 Å². The molecule has 0 aromatic carbocycles. The summed E-state index contributed by atoms with van der Waals surface area (Å²) in [5.41, 5.74) is 6.25. The van der Waals surface area contributed by atoms with E-state index in [0.29, 0.717) is 42.7 Å². The minimum Gasteiger partial charge on any atom is -0.473 e. The van der Waals surface area contributed by atoms with Gasteiger partial charge in [-0.15, -0.1) is 0 Å². The number of nitrogens with two attached hydrogens (primary N) is 1. The Morgan fingerprint density at radius 3 is 2.82 bits per heavy atom. The lowest BCUT2D eigenvalue weighted by Gasteiger charge is -2.16. The first-order valence-electron chi connectivity index (χ1n) is 7.51. The molecule has 7 nitrogen and oxygen atoms in total. The molecule has 7 heteroatoms. The molecule has 22 heavy (non-hydrogen) atoms. The molecule has 0 aliphatic carbocycles. The topological polar surface area (TPSA) is 93.4 Å². The van der Waals surface area contributed by atoms with E-state index in [2.05, 4.69) is 21.9 Å². The molecule has 1 aromatic rings. The Hall–Kier alpha value is -2.15. The van der Waals surface area contributed by atoms with Crippen molar-refractivity contribution < 1.29 is 9.53 Å². The van der Waals surface area contributed by atoms with Crippen LogP contribution in [0.2, 0.25) is 0 Å². The molecule has 1 saturated heterocycles. The molecule has 1 amide bonds. The number of nitrogens with zero attached hydrogens (tertiary/aromatic N) is 3. The lowest BCUT2D eigenvalue weighted by Crippen LogP contribution is -2.27. The molecule has 3 N–H and O–H groups in total. The number of carbonyl (C=O) groups excluding carboxylic acids is 1. The highest BCUT2D eigenvalue weighted by molar-refractivity contribution is 5.90. The first-order valence-corrected chi connectivity index (χ1v) is 7.51. The number of aryl methyl sites for hydroxylation is 1. The highest BCUT2D eigenvalue weighted by Gasteiger charge is 2.28. The van der Waals surface area contributed by atoms with Gasteiger partial charge in [-0.1, -0.05) is 20.8 Å². The van der Waals surface area contributed by atoms with Gasteiger partial charge in [0.25, 0.3) is 0 Å². The highest BCUT2D eigenvalue weighted by atomic mass is 16.5. The summed E-state index contributed by atoms with van der Waals surface area (Å²) in [6.45, 7) is 12.4. The summed E-state index contributed by atoms with van der Waals surface area (Å²) in [5, 5.41) is 2.73. The Labute approximate surface area is 131 Å². The number of aromatic nitrogens is 2. The van der Waals surface area contributed by atoms with Crippen molar-refractivity contribution >= 4 is 17.5 Å². The van der Waals surface area contributed by atoms with E-state index in [9.17, 15) is 4.79 Å². The first-order chi connectivity index (χ1) is 10.5. The first kappa shape index (κ1) is 17.9. The number of hydrogen-bond donors (Lipinski definition) is 2. The monoisotopic (exact) mass is 307 g/mol. The predicted octanol–water partition coefficient (Wildman–Crippen LogP) is 1.79. The van der Waals surface area contributed by atoms with E-state index >= 15 is 0 Å². The van der Waals surface area contributed by atoms with E-state index < -0.39 is 0 Å². The number of anilines is 2. The maximum atomic E-state index is 11.5. The SMILES string of the molecule is C=C1O[C@H](CN)CN1c1cnc(C)c(NC(=O)CC)n1.CC. The summed E-state index contributed by atoms with van der Waals surface area (Å²) in [4.78, 5) is 21.9. The standard InChI is InChI=1S/C13H19N5O2.C2H6/c1-4-12(19)17-13-8(2)15-6-11(16-13)18-7-10(5-14)20-9(18)3;1-2/h6,10H,3-5,7,14H2,1-2H3,(H,16,17,19);1-2H3/t10-;/m1./s1. The van der Waals surface area contributed by atoms with Gasteiger partial charge >= 0.3 is 0 Å². The molecule has 0 bridgehead atoms. The van der Waals surface area contributed by atoms with E-state index in [0.717, 1.165) is 0 Å². The molecule has 0 unspecified atom stereocenters. The molecule has 0 radical (unpaired) electrons. The molecule has 1 aliphatic heterocycles. The number of hydrogen-bond acceptors (Lipinski definition) is 6. The third-order valence-corrected chi connectivity index (χ3v) is 3.05. The van der Waals surface area contributed by atoms with Gasteiger partial charge in [0.05, 0.1) is 18.4 Å². The Bertz CT molecular complexity index is 533. The second-order valence-electron chi connectivity index (χ2n) is 4.54. The second kappa shape index (κ2) is 8.33. The van der Waals surface area contributed by atoms with Crippen LogP contribution in [0.1, 0.15) is 32.9 Å². The molecule has 1 aromatic heterocycles. The zero-order valence-corrected chi connectivity index (χ0v) is 13.7. The molecular formula is C15H25N5O2. The third-order valence-electron chi connectivity index (χ3n) is 3.05. The number of nitrogens with one attached hydrogen (secondary N) is 1. The summed E-state index contributed by atoms with van der Waals surface area (Å²) in [7, 11) is 0. The van der Waals surface area contributed by atoms with Crippen LogP contribution in [0, 0.1) is 6.92 Å². The molecular weight excluding hydrogens is 282 g/mol. The average Bonchev–Trinajstić information content (AvgIpc) is 2.92. The highest BCUT2D eigenvalue weighted by Crippen LogP contribution is 2.25. The Kier molecular flexibility index (Phi) is 6.78.